The fraction of sp³-hybridized carbons (Fsp3) is 0.417. The fourth-order valence-corrected chi connectivity index (χ4v) is 3.98. The number of hydrogen-bond acceptors (Lipinski definition) is 5. The first-order valence-corrected chi connectivity index (χ1v) is 11.8. The lowest BCUT2D eigenvalue weighted by atomic mass is 9.88. The maximum Gasteiger partial charge on any atom is 0.417 e. The second-order valence-electron chi connectivity index (χ2n) is 8.59. The Hall–Kier alpha value is -3.41. The predicted molar refractivity (Wildman–Crippen MR) is 125 cm³/mol. The third-order valence-corrected chi connectivity index (χ3v) is 5.97. The second-order valence-corrected chi connectivity index (χ2v) is 9.00. The highest BCUT2D eigenvalue weighted by molar-refractivity contribution is 6.30. The van der Waals surface area contributed by atoms with Crippen molar-refractivity contribution in [2.24, 2.45) is 0 Å². The maximum atomic E-state index is 13.6. The van der Waals surface area contributed by atoms with Crippen molar-refractivity contribution in [3.8, 4) is 5.75 Å². The van der Waals surface area contributed by atoms with Gasteiger partial charge in [0, 0.05) is 12.3 Å². The van der Waals surface area contributed by atoms with Crippen LogP contribution in [0.1, 0.15) is 49.8 Å². The zero-order valence-electron chi connectivity index (χ0n) is 19.6. The zero-order chi connectivity index (χ0) is 27.1. The van der Waals surface area contributed by atoms with Crippen molar-refractivity contribution in [2.45, 2.75) is 56.9 Å². The number of nitrogens with zero attached hydrogens (tertiary/aromatic N) is 1. The Morgan fingerprint density at radius 1 is 1.00 bits per heavy atom. The van der Waals surface area contributed by atoms with E-state index in [0.29, 0.717) is 19.0 Å². The molecule has 1 aliphatic rings. The van der Waals surface area contributed by atoms with Gasteiger partial charge in [0.15, 0.2) is 6.61 Å². The molecule has 3 rings (SSSR count). The van der Waals surface area contributed by atoms with Crippen LogP contribution in [0.15, 0.2) is 36.5 Å². The van der Waals surface area contributed by atoms with Gasteiger partial charge in [0.05, 0.1) is 22.8 Å². The van der Waals surface area contributed by atoms with Crippen molar-refractivity contribution in [1.82, 2.24) is 20.9 Å². The molecule has 37 heavy (non-hydrogen) atoms. The summed E-state index contributed by atoms with van der Waals surface area (Å²) in [6.45, 7) is -0.589. The molecule has 13 heteroatoms. The van der Waals surface area contributed by atoms with Gasteiger partial charge in [-0.25, -0.2) is 4.39 Å². The summed E-state index contributed by atoms with van der Waals surface area (Å²) in [5.74, 6) is -2.43. The monoisotopic (exact) mass is 544 g/mol. The summed E-state index contributed by atoms with van der Waals surface area (Å²) in [6.07, 6.45) is -1.15. The molecule has 200 valence electrons. The SMILES string of the molecule is O=C(CC(=O)NC1(NC(=O)COc2ccc(Cl)c(F)c2)CCCCC1)NCc1ccc(C(F)(F)F)cn1. The molecule has 1 aromatic heterocycles. The molecule has 0 aliphatic heterocycles. The molecule has 0 radical (unpaired) electrons. The molecule has 0 atom stereocenters. The topological polar surface area (TPSA) is 109 Å². The smallest absolute Gasteiger partial charge is 0.417 e. The number of halogens is 5. The minimum atomic E-state index is -4.52. The first-order valence-electron chi connectivity index (χ1n) is 11.4. The summed E-state index contributed by atoms with van der Waals surface area (Å²) in [4.78, 5) is 41.0. The minimum absolute atomic E-state index is 0.0830. The highest BCUT2D eigenvalue weighted by Gasteiger charge is 2.35. The van der Waals surface area contributed by atoms with Gasteiger partial charge in [-0.15, -0.1) is 0 Å². The lowest BCUT2D eigenvalue weighted by molar-refractivity contribution is -0.138. The molecule has 3 N–H and O–H groups in total. The summed E-state index contributed by atoms with van der Waals surface area (Å²) in [6, 6.07) is 5.74. The molecule has 8 nitrogen and oxygen atoms in total. The Morgan fingerprint density at radius 3 is 2.32 bits per heavy atom. The first kappa shape index (κ1) is 28.2. The molecule has 3 amide bonds. The van der Waals surface area contributed by atoms with Crippen LogP contribution in [0.4, 0.5) is 17.6 Å². The number of benzene rings is 1. The van der Waals surface area contributed by atoms with Gasteiger partial charge in [0.1, 0.15) is 23.7 Å². The number of rotatable bonds is 9. The van der Waals surface area contributed by atoms with Crippen molar-refractivity contribution in [1.29, 1.82) is 0 Å². The predicted octanol–water partition coefficient (Wildman–Crippen LogP) is 3.87. The van der Waals surface area contributed by atoms with E-state index < -0.39 is 54.0 Å². The Labute approximate surface area is 215 Å². The lowest BCUT2D eigenvalue weighted by Crippen LogP contribution is -2.62. The normalized spacial score (nSPS) is 14.9. The van der Waals surface area contributed by atoms with Gasteiger partial charge in [0.2, 0.25) is 11.8 Å². The van der Waals surface area contributed by atoms with E-state index in [9.17, 15) is 31.9 Å². The Balaban J connectivity index is 1.50. The third kappa shape index (κ3) is 8.59. The Bertz CT molecular complexity index is 1120. The van der Waals surface area contributed by atoms with Crippen LogP contribution in [0.2, 0.25) is 5.02 Å². The van der Waals surface area contributed by atoms with Crippen LogP contribution in [0.3, 0.4) is 0 Å². The summed E-state index contributed by atoms with van der Waals surface area (Å²) >= 11 is 5.63. The van der Waals surface area contributed by atoms with Crippen LogP contribution in [-0.2, 0) is 27.1 Å². The van der Waals surface area contributed by atoms with Crippen molar-refractivity contribution in [2.75, 3.05) is 6.61 Å². The van der Waals surface area contributed by atoms with Crippen molar-refractivity contribution in [3.63, 3.8) is 0 Å². The third-order valence-electron chi connectivity index (χ3n) is 5.67. The van der Waals surface area contributed by atoms with Gasteiger partial charge < -0.3 is 20.7 Å². The molecular weight excluding hydrogens is 520 g/mol. The van der Waals surface area contributed by atoms with Crippen molar-refractivity contribution in [3.05, 3.63) is 58.6 Å². The standard InChI is InChI=1S/C24H25ClF4N4O4/c25-18-7-6-17(10-19(18)26)37-14-22(36)33-23(8-2-1-3-9-23)32-21(35)11-20(34)31-13-16-5-4-15(12-30-16)24(27,28)29/h4-7,10,12H,1-3,8-9,11,13-14H2,(H,31,34)(H,32,35)(H,33,36). The molecule has 1 fully saturated rings. The zero-order valence-corrected chi connectivity index (χ0v) is 20.3. The van der Waals surface area contributed by atoms with E-state index in [4.69, 9.17) is 16.3 Å². The van der Waals surface area contributed by atoms with Crippen molar-refractivity contribution >= 4 is 29.3 Å². The van der Waals surface area contributed by atoms with E-state index in [1.165, 1.54) is 12.1 Å². The summed E-state index contributed by atoms with van der Waals surface area (Å²) < 4.78 is 56.7. The molecule has 1 heterocycles. The van der Waals surface area contributed by atoms with Gasteiger partial charge >= 0.3 is 6.18 Å². The van der Waals surface area contributed by atoms with Gasteiger partial charge in [-0.3, -0.25) is 19.4 Å². The fourth-order valence-electron chi connectivity index (χ4n) is 3.86. The summed E-state index contributed by atoms with van der Waals surface area (Å²) in [7, 11) is 0. The van der Waals surface area contributed by atoms with Gasteiger partial charge in [-0.1, -0.05) is 18.0 Å². The number of nitrogens with one attached hydrogen (secondary N) is 3. The summed E-state index contributed by atoms with van der Waals surface area (Å²) in [5.41, 5.74) is -1.79. The summed E-state index contributed by atoms with van der Waals surface area (Å²) in [5, 5.41) is 7.84. The molecule has 0 spiro atoms. The van der Waals surface area contributed by atoms with E-state index in [1.54, 1.807) is 0 Å². The van der Waals surface area contributed by atoms with Gasteiger partial charge in [0.25, 0.3) is 5.91 Å². The highest BCUT2D eigenvalue weighted by atomic mass is 35.5. The number of pyridine rings is 1. The van der Waals surface area contributed by atoms with Crippen LogP contribution in [0, 0.1) is 5.82 Å². The van der Waals surface area contributed by atoms with Crippen LogP contribution in [-0.4, -0.2) is 35.0 Å². The maximum absolute atomic E-state index is 13.6. The van der Waals surface area contributed by atoms with Gasteiger partial charge in [-0.05, 0) is 49.9 Å². The van der Waals surface area contributed by atoms with E-state index >= 15 is 0 Å². The molecule has 2 aromatic rings. The molecule has 0 saturated heterocycles. The molecular formula is C24H25ClF4N4O4. The molecule has 0 bridgehead atoms. The largest absolute Gasteiger partial charge is 0.484 e. The quantitative estimate of drug-likeness (QED) is 0.252. The van der Waals surface area contributed by atoms with E-state index in [1.807, 2.05) is 0 Å². The average molecular weight is 545 g/mol. The molecule has 1 saturated carbocycles. The Kier molecular flexibility index (Phi) is 9.30. The van der Waals surface area contributed by atoms with Crippen LogP contribution < -0.4 is 20.7 Å². The number of carbonyl (C=O) groups excluding carboxylic acids is 3. The van der Waals surface area contributed by atoms with Gasteiger partial charge in [-0.2, -0.15) is 13.2 Å². The average Bonchev–Trinajstić information content (AvgIpc) is 2.83. The van der Waals surface area contributed by atoms with E-state index in [0.717, 1.165) is 37.5 Å². The lowest BCUT2D eigenvalue weighted by Gasteiger charge is -2.38. The van der Waals surface area contributed by atoms with E-state index in [-0.39, 0.29) is 23.0 Å². The number of hydrogen-bond donors (Lipinski definition) is 3. The molecule has 1 aromatic carbocycles. The number of ether oxygens (including phenoxy) is 1. The van der Waals surface area contributed by atoms with Crippen LogP contribution in [0.5, 0.6) is 5.75 Å². The Morgan fingerprint density at radius 2 is 1.70 bits per heavy atom. The first-order chi connectivity index (χ1) is 17.5. The number of alkyl halides is 3. The van der Waals surface area contributed by atoms with Crippen LogP contribution in [0.25, 0.3) is 0 Å². The minimum Gasteiger partial charge on any atom is -0.484 e. The number of amides is 3. The highest BCUT2D eigenvalue weighted by Crippen LogP contribution is 2.28. The molecule has 1 aliphatic carbocycles. The van der Waals surface area contributed by atoms with E-state index in [2.05, 4.69) is 20.9 Å². The van der Waals surface area contributed by atoms with Crippen molar-refractivity contribution < 1.29 is 36.7 Å². The van der Waals surface area contributed by atoms with Crippen LogP contribution >= 0.6 is 11.6 Å². The number of carbonyl (C=O) groups is 3. The molecule has 0 unspecified atom stereocenters. The number of aromatic nitrogens is 1. The second kappa shape index (κ2) is 12.2.